The number of hydrogen-bond donors (Lipinski definition) is 1. The summed E-state index contributed by atoms with van der Waals surface area (Å²) in [5.41, 5.74) is -0.823. The van der Waals surface area contributed by atoms with Crippen molar-refractivity contribution in [2.45, 2.75) is 56.6 Å². The fourth-order valence-corrected chi connectivity index (χ4v) is 2.83. The minimum absolute atomic E-state index is 0.167. The Morgan fingerprint density at radius 2 is 1.94 bits per heavy atom. The smallest absolute Gasteiger partial charge is 0.331 e. The highest BCUT2D eigenvalue weighted by Crippen LogP contribution is 2.30. The third-order valence-electron chi connectivity index (χ3n) is 3.87. The normalized spacial score (nSPS) is 26.6. The molecule has 1 aliphatic carbocycles. The highest BCUT2D eigenvalue weighted by atomic mass is 16.5. The topological polar surface area (TPSA) is 64.6 Å². The fourth-order valence-electron chi connectivity index (χ4n) is 2.83. The van der Waals surface area contributed by atoms with Gasteiger partial charge in [-0.25, -0.2) is 4.79 Å². The Labute approximate surface area is 107 Å². The first-order valence-electron chi connectivity index (χ1n) is 6.70. The van der Waals surface area contributed by atoms with Crippen molar-refractivity contribution in [1.82, 2.24) is 5.32 Å². The zero-order valence-corrected chi connectivity index (χ0v) is 10.9. The molecule has 0 radical (unpaired) electrons. The molecule has 1 heterocycles. The Bertz CT molecular complexity index is 317. The number of hydrogen-bond acceptors (Lipinski definition) is 4. The molecule has 2 fully saturated rings. The lowest BCUT2D eigenvalue weighted by Gasteiger charge is -2.35. The van der Waals surface area contributed by atoms with Crippen LogP contribution >= 0.6 is 0 Å². The quantitative estimate of drug-likeness (QED) is 0.768. The summed E-state index contributed by atoms with van der Waals surface area (Å²) in [6, 6.07) is 0. The van der Waals surface area contributed by atoms with Crippen molar-refractivity contribution < 1.29 is 19.1 Å². The van der Waals surface area contributed by atoms with Gasteiger partial charge in [-0.2, -0.15) is 0 Å². The van der Waals surface area contributed by atoms with E-state index >= 15 is 0 Å². The molecule has 1 saturated heterocycles. The van der Waals surface area contributed by atoms with Gasteiger partial charge in [-0.1, -0.05) is 19.3 Å². The van der Waals surface area contributed by atoms with Crippen molar-refractivity contribution in [3.05, 3.63) is 0 Å². The van der Waals surface area contributed by atoms with Gasteiger partial charge in [0.1, 0.15) is 11.6 Å². The van der Waals surface area contributed by atoms with Gasteiger partial charge in [-0.05, 0) is 25.7 Å². The molecule has 1 amide bonds. The molecule has 5 nitrogen and oxygen atoms in total. The molecule has 1 atom stereocenters. The number of ether oxygens (including phenoxy) is 2. The van der Waals surface area contributed by atoms with E-state index in [4.69, 9.17) is 9.47 Å². The summed E-state index contributed by atoms with van der Waals surface area (Å²) < 4.78 is 10.2. The predicted octanol–water partition coefficient (Wildman–Crippen LogP) is 1.16. The Balaban J connectivity index is 2.04. The third kappa shape index (κ3) is 2.66. The number of esters is 1. The largest absolute Gasteiger partial charge is 0.467 e. The lowest BCUT2D eigenvalue weighted by molar-refractivity contribution is -0.154. The fraction of sp³-hybridized carbons (Fsp3) is 0.846. The van der Waals surface area contributed by atoms with Crippen molar-refractivity contribution in [2.24, 2.45) is 0 Å². The summed E-state index contributed by atoms with van der Waals surface area (Å²) in [6.07, 6.45) is 5.58. The summed E-state index contributed by atoms with van der Waals surface area (Å²) in [5, 5.41) is 2.89. The van der Waals surface area contributed by atoms with Gasteiger partial charge in [-0.3, -0.25) is 4.79 Å². The van der Waals surface area contributed by atoms with Gasteiger partial charge >= 0.3 is 5.97 Å². The Morgan fingerprint density at radius 3 is 2.50 bits per heavy atom. The molecule has 0 bridgehead atoms. The van der Waals surface area contributed by atoms with E-state index in [0.29, 0.717) is 19.4 Å². The molecule has 2 rings (SSSR count). The molecule has 0 unspecified atom stereocenters. The Morgan fingerprint density at radius 1 is 1.22 bits per heavy atom. The maximum atomic E-state index is 12.1. The molecule has 0 aromatic carbocycles. The van der Waals surface area contributed by atoms with E-state index in [-0.39, 0.29) is 11.9 Å². The molecule has 18 heavy (non-hydrogen) atoms. The summed E-state index contributed by atoms with van der Waals surface area (Å²) in [4.78, 5) is 24.1. The van der Waals surface area contributed by atoms with Crippen LogP contribution in [0.15, 0.2) is 0 Å². The zero-order valence-electron chi connectivity index (χ0n) is 10.9. The van der Waals surface area contributed by atoms with Crippen molar-refractivity contribution >= 4 is 11.9 Å². The lowest BCUT2D eigenvalue weighted by Crippen LogP contribution is -2.58. The molecule has 5 heteroatoms. The van der Waals surface area contributed by atoms with E-state index in [0.717, 1.165) is 32.1 Å². The number of amides is 1. The van der Waals surface area contributed by atoms with Gasteiger partial charge in [0.25, 0.3) is 0 Å². The van der Waals surface area contributed by atoms with Crippen LogP contribution in [-0.4, -0.2) is 37.2 Å². The monoisotopic (exact) mass is 255 g/mol. The highest BCUT2D eigenvalue weighted by Gasteiger charge is 2.43. The summed E-state index contributed by atoms with van der Waals surface area (Å²) in [5.74, 6) is -0.492. The lowest BCUT2D eigenvalue weighted by atomic mass is 9.81. The minimum atomic E-state index is -0.823. The van der Waals surface area contributed by atoms with E-state index in [2.05, 4.69) is 5.32 Å². The highest BCUT2D eigenvalue weighted by molar-refractivity contribution is 5.90. The SMILES string of the molecule is COC(=O)C1(NC(=O)[C@H]2CCCO2)CCCCC1. The minimum Gasteiger partial charge on any atom is -0.467 e. The Kier molecular flexibility index (Phi) is 4.22. The van der Waals surface area contributed by atoms with Crippen molar-refractivity contribution in [1.29, 1.82) is 0 Å². The number of nitrogens with one attached hydrogen (secondary N) is 1. The number of carbonyl (C=O) groups is 2. The van der Waals surface area contributed by atoms with Crippen molar-refractivity contribution in [2.75, 3.05) is 13.7 Å². The third-order valence-corrected chi connectivity index (χ3v) is 3.87. The van der Waals surface area contributed by atoms with Crippen molar-refractivity contribution in [3.8, 4) is 0 Å². The second-order valence-corrected chi connectivity index (χ2v) is 5.13. The van der Waals surface area contributed by atoms with Crippen LogP contribution in [0.5, 0.6) is 0 Å². The second-order valence-electron chi connectivity index (χ2n) is 5.13. The van der Waals surface area contributed by atoms with E-state index in [1.54, 1.807) is 0 Å². The first-order chi connectivity index (χ1) is 8.68. The number of rotatable bonds is 3. The Hall–Kier alpha value is -1.10. The van der Waals surface area contributed by atoms with Crippen LogP contribution in [0.2, 0.25) is 0 Å². The van der Waals surface area contributed by atoms with E-state index in [1.807, 2.05) is 0 Å². The maximum absolute atomic E-state index is 12.1. The molecule has 1 N–H and O–H groups in total. The molecule has 1 aliphatic heterocycles. The molecule has 0 aromatic rings. The number of methoxy groups -OCH3 is 1. The van der Waals surface area contributed by atoms with E-state index in [9.17, 15) is 9.59 Å². The molecule has 0 aromatic heterocycles. The first-order valence-corrected chi connectivity index (χ1v) is 6.70. The van der Waals surface area contributed by atoms with Gasteiger partial charge in [0.05, 0.1) is 7.11 Å². The molecule has 1 saturated carbocycles. The molecule has 102 valence electrons. The summed E-state index contributed by atoms with van der Waals surface area (Å²) in [6.45, 7) is 0.628. The second kappa shape index (κ2) is 5.69. The zero-order chi connectivity index (χ0) is 13.0. The van der Waals surface area contributed by atoms with Crippen LogP contribution in [-0.2, 0) is 19.1 Å². The summed E-state index contributed by atoms with van der Waals surface area (Å²) in [7, 11) is 1.37. The standard InChI is InChI=1S/C13H21NO4/c1-17-12(16)13(7-3-2-4-8-13)14-11(15)10-6-5-9-18-10/h10H,2-9H2,1H3,(H,14,15)/t10-/m1/s1. The van der Waals surface area contributed by atoms with Crippen LogP contribution in [0.3, 0.4) is 0 Å². The summed E-state index contributed by atoms with van der Waals surface area (Å²) >= 11 is 0. The maximum Gasteiger partial charge on any atom is 0.331 e. The van der Waals surface area contributed by atoms with E-state index < -0.39 is 11.6 Å². The average molecular weight is 255 g/mol. The van der Waals surface area contributed by atoms with Crippen LogP contribution in [0.4, 0.5) is 0 Å². The van der Waals surface area contributed by atoms with Gasteiger partial charge in [-0.15, -0.1) is 0 Å². The van der Waals surface area contributed by atoms with Gasteiger partial charge in [0.2, 0.25) is 5.91 Å². The van der Waals surface area contributed by atoms with Crippen LogP contribution < -0.4 is 5.32 Å². The van der Waals surface area contributed by atoms with Gasteiger partial charge < -0.3 is 14.8 Å². The predicted molar refractivity (Wildman–Crippen MR) is 64.9 cm³/mol. The first kappa shape index (κ1) is 13.3. The van der Waals surface area contributed by atoms with Crippen LogP contribution in [0, 0.1) is 0 Å². The van der Waals surface area contributed by atoms with Gasteiger partial charge in [0, 0.05) is 6.61 Å². The van der Waals surface area contributed by atoms with Crippen LogP contribution in [0.1, 0.15) is 44.9 Å². The molecule has 2 aliphatic rings. The average Bonchev–Trinajstić information content (AvgIpc) is 2.93. The van der Waals surface area contributed by atoms with E-state index in [1.165, 1.54) is 7.11 Å². The van der Waals surface area contributed by atoms with Crippen molar-refractivity contribution in [3.63, 3.8) is 0 Å². The molecular formula is C13H21NO4. The molecule has 0 spiro atoms. The van der Waals surface area contributed by atoms with Crippen LogP contribution in [0.25, 0.3) is 0 Å². The molecular weight excluding hydrogens is 234 g/mol. The van der Waals surface area contributed by atoms with Gasteiger partial charge in [0.15, 0.2) is 0 Å². The number of carbonyl (C=O) groups excluding carboxylic acids is 2.